The molecule has 2 aromatic rings. The first kappa shape index (κ1) is 19.6. The van der Waals surface area contributed by atoms with Crippen LogP contribution in [0.2, 0.25) is 0 Å². The van der Waals surface area contributed by atoms with E-state index in [0.29, 0.717) is 22.0 Å². The van der Waals surface area contributed by atoms with Gasteiger partial charge < -0.3 is 10.2 Å². The summed E-state index contributed by atoms with van der Waals surface area (Å²) in [5.74, 6) is 0.549. The predicted octanol–water partition coefficient (Wildman–Crippen LogP) is 2.85. The van der Waals surface area contributed by atoms with E-state index in [1.807, 2.05) is 12.1 Å². The number of likely N-dealkylation sites (tertiary alicyclic amines) is 1. The van der Waals surface area contributed by atoms with Crippen molar-refractivity contribution in [1.82, 2.24) is 20.2 Å². The highest BCUT2D eigenvalue weighted by molar-refractivity contribution is 8.03. The lowest BCUT2D eigenvalue weighted by atomic mass is 9.75. The third-order valence-corrected chi connectivity index (χ3v) is 6.46. The van der Waals surface area contributed by atoms with E-state index >= 15 is 0 Å². The third-order valence-electron chi connectivity index (χ3n) is 5.48. The number of thioether (sulfide) groups is 1. The summed E-state index contributed by atoms with van der Waals surface area (Å²) >= 11 is 1.53. The molecule has 2 aliphatic heterocycles. The number of carbonyl (C=O) groups excluding carboxylic acids is 1. The highest BCUT2D eigenvalue weighted by Gasteiger charge is 2.54. The maximum absolute atomic E-state index is 13.3. The van der Waals surface area contributed by atoms with Gasteiger partial charge in [0.05, 0.1) is 28.1 Å². The van der Waals surface area contributed by atoms with Crippen LogP contribution in [0.25, 0.3) is 0 Å². The monoisotopic (exact) mass is 405 g/mol. The zero-order valence-electron chi connectivity index (χ0n) is 16.2. The zero-order valence-corrected chi connectivity index (χ0v) is 17.0. The molecule has 0 unspecified atom stereocenters. The number of rotatable bonds is 6. The highest BCUT2D eigenvalue weighted by Crippen LogP contribution is 2.44. The average Bonchev–Trinajstić information content (AvgIpc) is 3.07. The van der Waals surface area contributed by atoms with Crippen molar-refractivity contribution in [3.63, 3.8) is 0 Å². The van der Waals surface area contributed by atoms with Gasteiger partial charge in [0, 0.05) is 24.7 Å². The van der Waals surface area contributed by atoms with Crippen LogP contribution in [0.5, 0.6) is 0 Å². The van der Waals surface area contributed by atoms with Crippen LogP contribution >= 0.6 is 11.8 Å². The van der Waals surface area contributed by atoms with Crippen LogP contribution in [0.1, 0.15) is 30.7 Å². The minimum absolute atomic E-state index is 0.271. The van der Waals surface area contributed by atoms with Crippen LogP contribution in [0.15, 0.2) is 59.4 Å². The van der Waals surface area contributed by atoms with Gasteiger partial charge in [0.25, 0.3) is 0 Å². The van der Waals surface area contributed by atoms with E-state index in [1.54, 1.807) is 36.7 Å². The molecular formula is C22H23N5OS. The number of nitrogens with zero attached hydrogens (tertiary/aromatic N) is 4. The number of pyridine rings is 2. The Morgan fingerprint density at radius 3 is 2.28 bits per heavy atom. The van der Waals surface area contributed by atoms with Crippen LogP contribution in [0, 0.1) is 11.3 Å². The smallest absolute Gasteiger partial charge is 0.248 e. The SMILES string of the molecule is N#CC1=C(SCCN2CCCCC2)NC(=O)C1(c1ccccn1)c1ccccn1. The van der Waals surface area contributed by atoms with Gasteiger partial charge >= 0.3 is 0 Å². The molecule has 0 aromatic carbocycles. The largest absolute Gasteiger partial charge is 0.318 e. The lowest BCUT2D eigenvalue weighted by molar-refractivity contribution is -0.122. The Hall–Kier alpha value is -2.69. The predicted molar refractivity (Wildman–Crippen MR) is 113 cm³/mol. The number of nitrogens with one attached hydrogen (secondary N) is 1. The van der Waals surface area contributed by atoms with Crippen molar-refractivity contribution in [1.29, 1.82) is 5.26 Å². The summed E-state index contributed by atoms with van der Waals surface area (Å²) in [7, 11) is 0. The Morgan fingerprint density at radius 1 is 1.07 bits per heavy atom. The van der Waals surface area contributed by atoms with Crippen molar-refractivity contribution in [2.45, 2.75) is 24.7 Å². The summed E-state index contributed by atoms with van der Waals surface area (Å²) in [6.07, 6.45) is 7.08. The normalized spacial score (nSPS) is 19.1. The molecule has 148 valence electrons. The van der Waals surface area contributed by atoms with Crippen molar-refractivity contribution in [2.75, 3.05) is 25.4 Å². The Kier molecular flexibility index (Phi) is 5.93. The van der Waals surface area contributed by atoms with Gasteiger partial charge in [-0.1, -0.05) is 18.6 Å². The minimum atomic E-state index is -1.31. The van der Waals surface area contributed by atoms with Gasteiger partial charge in [-0.25, -0.2) is 0 Å². The maximum Gasteiger partial charge on any atom is 0.248 e. The van der Waals surface area contributed by atoms with Crippen LogP contribution in [0.4, 0.5) is 0 Å². The topological polar surface area (TPSA) is 81.9 Å². The van der Waals surface area contributed by atoms with Gasteiger partial charge in [-0.3, -0.25) is 14.8 Å². The molecule has 1 amide bonds. The molecule has 0 saturated carbocycles. The number of hydrogen-bond acceptors (Lipinski definition) is 6. The fraction of sp³-hybridized carbons (Fsp3) is 0.364. The third kappa shape index (κ3) is 3.66. The van der Waals surface area contributed by atoms with Crippen molar-refractivity contribution in [2.24, 2.45) is 0 Å². The second-order valence-electron chi connectivity index (χ2n) is 7.20. The molecule has 0 aliphatic carbocycles. The fourth-order valence-corrected chi connectivity index (χ4v) is 5.10. The number of aromatic nitrogens is 2. The summed E-state index contributed by atoms with van der Waals surface area (Å²) in [6, 6.07) is 13.1. The number of hydrogen-bond donors (Lipinski definition) is 1. The molecule has 29 heavy (non-hydrogen) atoms. The second-order valence-corrected chi connectivity index (χ2v) is 8.31. The Morgan fingerprint density at radius 2 is 1.72 bits per heavy atom. The summed E-state index contributed by atoms with van der Waals surface area (Å²) in [5, 5.41) is 13.7. The van der Waals surface area contributed by atoms with E-state index in [1.165, 1.54) is 31.0 Å². The van der Waals surface area contributed by atoms with E-state index in [4.69, 9.17) is 0 Å². The molecule has 4 heterocycles. The van der Waals surface area contributed by atoms with Gasteiger partial charge in [-0.15, -0.1) is 11.8 Å². The van der Waals surface area contributed by atoms with Crippen LogP contribution in [0.3, 0.4) is 0 Å². The zero-order chi connectivity index (χ0) is 20.1. The van der Waals surface area contributed by atoms with Crippen LogP contribution in [-0.4, -0.2) is 46.2 Å². The Labute approximate surface area is 175 Å². The maximum atomic E-state index is 13.3. The van der Waals surface area contributed by atoms with Crippen molar-refractivity contribution in [3.05, 3.63) is 70.8 Å². The van der Waals surface area contributed by atoms with Crippen LogP contribution in [-0.2, 0) is 10.2 Å². The summed E-state index contributed by atoms with van der Waals surface area (Å²) in [5.41, 5.74) is 0.0902. The molecular weight excluding hydrogens is 382 g/mol. The molecule has 0 spiro atoms. The van der Waals surface area contributed by atoms with Gasteiger partial charge in [0.15, 0.2) is 5.41 Å². The van der Waals surface area contributed by atoms with Crippen molar-refractivity contribution in [3.8, 4) is 6.07 Å². The average molecular weight is 406 g/mol. The molecule has 0 radical (unpaired) electrons. The second kappa shape index (κ2) is 8.76. The molecule has 4 rings (SSSR count). The van der Waals surface area contributed by atoms with Crippen LogP contribution < -0.4 is 5.32 Å². The van der Waals surface area contributed by atoms with Gasteiger partial charge in [0.1, 0.15) is 0 Å². The lowest BCUT2D eigenvalue weighted by Gasteiger charge is -2.26. The molecule has 1 N–H and O–H groups in total. The van der Waals surface area contributed by atoms with E-state index in [2.05, 4.69) is 26.3 Å². The Bertz CT molecular complexity index is 893. The molecule has 7 heteroatoms. The van der Waals surface area contributed by atoms with Crippen molar-refractivity contribution >= 4 is 17.7 Å². The molecule has 6 nitrogen and oxygen atoms in total. The standard InChI is InChI=1S/C22H23N5OS/c23-16-17-20(29-15-14-27-12-6-1-7-13-27)26-21(28)22(17,18-8-2-4-10-24-18)19-9-3-5-11-25-19/h2-5,8-11H,1,6-7,12-15H2,(H,26,28). The molecule has 1 saturated heterocycles. The summed E-state index contributed by atoms with van der Waals surface area (Å²) in [6.45, 7) is 3.20. The molecule has 2 aliphatic rings. The van der Waals surface area contributed by atoms with E-state index in [-0.39, 0.29) is 5.91 Å². The van der Waals surface area contributed by atoms with Crippen molar-refractivity contribution < 1.29 is 4.79 Å². The molecule has 2 aromatic heterocycles. The highest BCUT2D eigenvalue weighted by atomic mass is 32.2. The first-order valence-corrected chi connectivity index (χ1v) is 10.9. The number of amides is 1. The molecule has 0 atom stereocenters. The summed E-state index contributed by atoms with van der Waals surface area (Å²) in [4.78, 5) is 24.7. The van der Waals surface area contributed by atoms with E-state index in [9.17, 15) is 10.1 Å². The quantitative estimate of drug-likeness (QED) is 0.796. The first-order valence-electron chi connectivity index (χ1n) is 9.91. The lowest BCUT2D eigenvalue weighted by Crippen LogP contribution is -2.41. The van der Waals surface area contributed by atoms with E-state index in [0.717, 1.165) is 25.4 Å². The number of carbonyl (C=O) groups is 1. The number of nitriles is 1. The number of piperidine rings is 1. The first-order chi connectivity index (χ1) is 14.3. The van der Waals surface area contributed by atoms with E-state index < -0.39 is 5.41 Å². The fourth-order valence-electron chi connectivity index (χ4n) is 4.04. The summed E-state index contributed by atoms with van der Waals surface area (Å²) < 4.78 is 0. The molecule has 1 fully saturated rings. The van der Waals surface area contributed by atoms with Gasteiger partial charge in [0.2, 0.25) is 5.91 Å². The van der Waals surface area contributed by atoms with Gasteiger partial charge in [-0.05, 0) is 50.2 Å². The Balaban J connectivity index is 1.68. The molecule has 0 bridgehead atoms. The minimum Gasteiger partial charge on any atom is -0.318 e. The van der Waals surface area contributed by atoms with Gasteiger partial charge in [-0.2, -0.15) is 5.26 Å².